The van der Waals surface area contributed by atoms with E-state index in [-0.39, 0.29) is 24.2 Å². The summed E-state index contributed by atoms with van der Waals surface area (Å²) in [7, 11) is -1.43. The largest absolute Gasteiger partial charge is 0.352 e. The summed E-state index contributed by atoms with van der Waals surface area (Å²) in [5.41, 5.74) is 0.833. The van der Waals surface area contributed by atoms with Crippen LogP contribution in [0.3, 0.4) is 0 Å². The number of hydrogen-bond acceptors (Lipinski definition) is 4. The second-order valence-corrected chi connectivity index (χ2v) is 10.8. The number of carbonyl (C=O) groups is 2. The van der Waals surface area contributed by atoms with Gasteiger partial charge in [-0.1, -0.05) is 23.7 Å². The Morgan fingerprint density at radius 2 is 1.56 bits per heavy atom. The van der Waals surface area contributed by atoms with Crippen molar-refractivity contribution in [1.82, 2.24) is 14.5 Å². The lowest BCUT2D eigenvalue weighted by molar-refractivity contribution is -0.139. The highest BCUT2D eigenvalue weighted by Gasteiger charge is 2.32. The molecule has 0 fully saturated rings. The van der Waals surface area contributed by atoms with E-state index < -0.39 is 34.5 Å². The molecule has 2 amide bonds. The molecule has 0 aliphatic carbocycles. The SMILES string of the molecule is CC(C)NC(=O)C(C)N(Cc1ccc(Cl)cc1)C(=O)CN(c1ccc(F)cc1)S(=O)(=O)N(C)C. The molecule has 34 heavy (non-hydrogen) atoms. The fraction of sp³-hybridized carbons (Fsp3) is 0.391. The first-order chi connectivity index (χ1) is 15.8. The van der Waals surface area contributed by atoms with Crippen LogP contribution in [0.4, 0.5) is 10.1 Å². The van der Waals surface area contributed by atoms with Crippen molar-refractivity contribution in [2.45, 2.75) is 39.4 Å². The predicted octanol–water partition coefficient (Wildman–Crippen LogP) is 3.03. The van der Waals surface area contributed by atoms with E-state index in [1.54, 1.807) is 45.0 Å². The quantitative estimate of drug-likeness (QED) is 0.530. The molecule has 11 heteroatoms. The van der Waals surface area contributed by atoms with Crippen molar-refractivity contribution in [2.75, 3.05) is 24.9 Å². The van der Waals surface area contributed by atoms with Crippen molar-refractivity contribution in [2.24, 2.45) is 0 Å². The predicted molar refractivity (Wildman–Crippen MR) is 131 cm³/mol. The fourth-order valence-electron chi connectivity index (χ4n) is 3.10. The second-order valence-electron chi connectivity index (χ2n) is 8.26. The third-order valence-electron chi connectivity index (χ3n) is 5.00. The van der Waals surface area contributed by atoms with Crippen molar-refractivity contribution < 1.29 is 22.4 Å². The van der Waals surface area contributed by atoms with E-state index in [1.807, 2.05) is 0 Å². The molecular weight excluding hydrogens is 483 g/mol. The highest BCUT2D eigenvalue weighted by atomic mass is 35.5. The third-order valence-corrected chi connectivity index (χ3v) is 7.07. The zero-order chi connectivity index (χ0) is 25.6. The number of hydrogen-bond donors (Lipinski definition) is 1. The highest BCUT2D eigenvalue weighted by Crippen LogP contribution is 2.21. The Balaban J connectivity index is 2.43. The van der Waals surface area contributed by atoms with Crippen molar-refractivity contribution in [3.05, 3.63) is 64.9 Å². The van der Waals surface area contributed by atoms with E-state index >= 15 is 0 Å². The van der Waals surface area contributed by atoms with Crippen LogP contribution in [0.15, 0.2) is 48.5 Å². The minimum atomic E-state index is -4.10. The molecule has 0 aliphatic rings. The van der Waals surface area contributed by atoms with Crippen molar-refractivity contribution in [3.8, 4) is 0 Å². The van der Waals surface area contributed by atoms with E-state index in [2.05, 4.69) is 5.32 Å². The molecule has 2 aromatic rings. The van der Waals surface area contributed by atoms with Gasteiger partial charge in [0.15, 0.2) is 0 Å². The number of nitrogens with one attached hydrogen (secondary N) is 1. The van der Waals surface area contributed by atoms with Gasteiger partial charge in [-0.3, -0.25) is 9.59 Å². The molecule has 1 unspecified atom stereocenters. The number of rotatable bonds is 10. The van der Waals surface area contributed by atoms with E-state index in [0.29, 0.717) is 10.6 Å². The first-order valence-corrected chi connectivity index (χ1v) is 12.4. The summed E-state index contributed by atoms with van der Waals surface area (Å²) in [4.78, 5) is 27.5. The molecule has 0 bridgehead atoms. The highest BCUT2D eigenvalue weighted by molar-refractivity contribution is 7.90. The fourth-order valence-corrected chi connectivity index (χ4v) is 4.28. The summed E-state index contributed by atoms with van der Waals surface area (Å²) in [6, 6.07) is 10.5. The molecule has 0 saturated carbocycles. The van der Waals surface area contributed by atoms with Crippen molar-refractivity contribution in [3.63, 3.8) is 0 Å². The van der Waals surface area contributed by atoms with Gasteiger partial charge in [-0.05, 0) is 62.7 Å². The van der Waals surface area contributed by atoms with Crippen LogP contribution in [-0.4, -0.2) is 62.2 Å². The molecule has 1 N–H and O–H groups in total. The number of amides is 2. The summed E-state index contributed by atoms with van der Waals surface area (Å²) in [5, 5.41) is 3.30. The average molecular weight is 513 g/mol. The topological polar surface area (TPSA) is 90.0 Å². The Morgan fingerprint density at radius 1 is 1.00 bits per heavy atom. The molecule has 2 aromatic carbocycles. The molecule has 1 atom stereocenters. The number of carbonyl (C=O) groups excluding carboxylic acids is 2. The zero-order valence-electron chi connectivity index (χ0n) is 19.8. The van der Waals surface area contributed by atoms with Gasteiger partial charge in [0.1, 0.15) is 18.4 Å². The summed E-state index contributed by atoms with van der Waals surface area (Å²) < 4.78 is 41.3. The van der Waals surface area contributed by atoms with E-state index in [4.69, 9.17) is 11.6 Å². The maximum atomic E-state index is 13.5. The van der Waals surface area contributed by atoms with Gasteiger partial charge in [0, 0.05) is 31.7 Å². The van der Waals surface area contributed by atoms with E-state index in [1.165, 1.54) is 31.1 Å². The lowest BCUT2D eigenvalue weighted by Gasteiger charge is -2.33. The van der Waals surface area contributed by atoms with Crippen LogP contribution in [0.1, 0.15) is 26.3 Å². The van der Waals surface area contributed by atoms with Crippen LogP contribution in [0.2, 0.25) is 5.02 Å². The van der Waals surface area contributed by atoms with Crippen LogP contribution in [0, 0.1) is 5.82 Å². The zero-order valence-corrected chi connectivity index (χ0v) is 21.4. The minimum Gasteiger partial charge on any atom is -0.352 e. The normalized spacial score (nSPS) is 12.5. The van der Waals surface area contributed by atoms with E-state index in [9.17, 15) is 22.4 Å². The number of halogens is 2. The maximum Gasteiger partial charge on any atom is 0.304 e. The standard InChI is InChI=1S/C23H30ClFN4O4S/c1-16(2)26-23(31)17(3)28(14-18-6-8-19(24)9-7-18)22(30)15-29(34(32,33)27(4)5)21-12-10-20(25)11-13-21/h6-13,16-17H,14-15H2,1-5H3,(H,26,31). The summed E-state index contributed by atoms with van der Waals surface area (Å²) in [6.45, 7) is 4.65. The Kier molecular flexibility index (Phi) is 9.43. The number of benzene rings is 2. The molecule has 0 aromatic heterocycles. The lowest BCUT2D eigenvalue weighted by Crippen LogP contribution is -2.53. The van der Waals surface area contributed by atoms with Crippen LogP contribution >= 0.6 is 11.6 Å². The molecule has 2 rings (SSSR count). The maximum absolute atomic E-state index is 13.5. The summed E-state index contributed by atoms with van der Waals surface area (Å²) >= 11 is 5.96. The van der Waals surface area contributed by atoms with Crippen LogP contribution in [0.25, 0.3) is 0 Å². The Labute approximate surface area is 205 Å². The van der Waals surface area contributed by atoms with Gasteiger partial charge in [0.05, 0.1) is 5.69 Å². The smallest absolute Gasteiger partial charge is 0.304 e. The molecule has 0 aliphatic heterocycles. The Morgan fingerprint density at radius 3 is 2.06 bits per heavy atom. The van der Waals surface area contributed by atoms with Gasteiger partial charge in [-0.25, -0.2) is 8.70 Å². The Bertz CT molecular complexity index is 1090. The van der Waals surface area contributed by atoms with E-state index in [0.717, 1.165) is 20.7 Å². The first kappa shape index (κ1) is 27.6. The molecule has 186 valence electrons. The number of anilines is 1. The third kappa shape index (κ3) is 7.15. The monoisotopic (exact) mass is 512 g/mol. The Hall–Kier alpha value is -2.69. The molecule has 0 spiro atoms. The second kappa shape index (κ2) is 11.6. The van der Waals surface area contributed by atoms with Crippen molar-refractivity contribution >= 4 is 39.3 Å². The van der Waals surface area contributed by atoms with Gasteiger partial charge in [0.2, 0.25) is 11.8 Å². The number of nitrogens with zero attached hydrogens (tertiary/aromatic N) is 3. The van der Waals surface area contributed by atoms with Gasteiger partial charge in [-0.2, -0.15) is 12.7 Å². The first-order valence-electron chi connectivity index (χ1n) is 10.6. The molecule has 8 nitrogen and oxygen atoms in total. The molecule has 0 saturated heterocycles. The van der Waals surface area contributed by atoms with Gasteiger partial charge >= 0.3 is 10.2 Å². The van der Waals surface area contributed by atoms with Gasteiger partial charge < -0.3 is 10.2 Å². The van der Waals surface area contributed by atoms with Crippen LogP contribution in [-0.2, 0) is 26.3 Å². The van der Waals surface area contributed by atoms with Crippen molar-refractivity contribution in [1.29, 1.82) is 0 Å². The van der Waals surface area contributed by atoms with Gasteiger partial charge in [0.25, 0.3) is 0 Å². The minimum absolute atomic E-state index is 0.0575. The molecule has 0 heterocycles. The summed E-state index contributed by atoms with van der Waals surface area (Å²) in [5.74, 6) is -1.52. The average Bonchev–Trinajstić information content (AvgIpc) is 2.76. The van der Waals surface area contributed by atoms with Crippen LogP contribution in [0.5, 0.6) is 0 Å². The van der Waals surface area contributed by atoms with Crippen LogP contribution < -0.4 is 9.62 Å². The van der Waals surface area contributed by atoms with Gasteiger partial charge in [-0.15, -0.1) is 0 Å². The molecule has 0 radical (unpaired) electrons. The summed E-state index contributed by atoms with van der Waals surface area (Å²) in [6.07, 6.45) is 0. The lowest BCUT2D eigenvalue weighted by atomic mass is 10.1. The molecular formula is C23H30ClFN4O4S.